The number of imide groups is 1. The summed E-state index contributed by atoms with van der Waals surface area (Å²) < 4.78 is 0. The fraction of sp³-hybridized carbons (Fsp3) is 0.636. The Hall–Kier alpha value is -1.12. The van der Waals surface area contributed by atoms with Crippen molar-refractivity contribution in [1.29, 1.82) is 0 Å². The molecule has 0 aromatic carbocycles. The second-order valence-electron chi connectivity index (χ2n) is 4.19. The van der Waals surface area contributed by atoms with Crippen LogP contribution < -0.4 is 0 Å². The molecular weight excluding hydrogens is 178 g/mol. The largest absolute Gasteiger partial charge is 0.275 e. The Balaban J connectivity index is 2.68. The van der Waals surface area contributed by atoms with Gasteiger partial charge in [-0.25, -0.2) is 0 Å². The van der Waals surface area contributed by atoms with Crippen LogP contribution in [0.4, 0.5) is 0 Å². The molecule has 0 atom stereocenters. The molecule has 0 unspecified atom stereocenters. The van der Waals surface area contributed by atoms with Gasteiger partial charge in [0.1, 0.15) is 0 Å². The average Bonchev–Trinajstić information content (AvgIpc) is 2.29. The highest BCUT2D eigenvalue weighted by Crippen LogP contribution is 2.20. The molecule has 3 heteroatoms. The molecule has 0 radical (unpaired) electrons. The number of hydrogen-bond acceptors (Lipinski definition) is 2. The van der Waals surface area contributed by atoms with Crippen molar-refractivity contribution >= 4 is 11.8 Å². The monoisotopic (exact) mass is 195 g/mol. The summed E-state index contributed by atoms with van der Waals surface area (Å²) in [6.07, 6.45) is 0.873. The van der Waals surface area contributed by atoms with Gasteiger partial charge in [0.15, 0.2) is 0 Å². The van der Waals surface area contributed by atoms with Gasteiger partial charge in [0.25, 0.3) is 11.8 Å². The van der Waals surface area contributed by atoms with E-state index in [9.17, 15) is 9.59 Å². The van der Waals surface area contributed by atoms with E-state index >= 15 is 0 Å². The first kappa shape index (κ1) is 11.0. The summed E-state index contributed by atoms with van der Waals surface area (Å²) in [5, 5.41) is 0. The maximum atomic E-state index is 11.6. The molecule has 0 aromatic heterocycles. The number of carbonyl (C=O) groups is 2. The molecule has 0 spiro atoms. The van der Waals surface area contributed by atoms with E-state index in [1.54, 1.807) is 13.8 Å². The summed E-state index contributed by atoms with van der Waals surface area (Å²) in [5.74, 6) is 0.276. The quantitative estimate of drug-likeness (QED) is 0.643. The van der Waals surface area contributed by atoms with Crippen molar-refractivity contribution in [2.45, 2.75) is 34.1 Å². The summed E-state index contributed by atoms with van der Waals surface area (Å²) in [4.78, 5) is 24.5. The Kier molecular flexibility index (Phi) is 3.09. The topological polar surface area (TPSA) is 37.4 Å². The lowest BCUT2D eigenvalue weighted by atomic mass is 10.1. The Morgan fingerprint density at radius 2 is 1.50 bits per heavy atom. The molecule has 1 aliphatic heterocycles. The molecule has 0 N–H and O–H groups in total. The molecule has 1 aliphatic rings. The summed E-state index contributed by atoms with van der Waals surface area (Å²) in [5.41, 5.74) is 1.19. The van der Waals surface area contributed by atoms with Gasteiger partial charge in [-0.2, -0.15) is 0 Å². The molecule has 0 saturated heterocycles. The zero-order valence-corrected chi connectivity index (χ0v) is 9.26. The van der Waals surface area contributed by atoms with Crippen molar-refractivity contribution < 1.29 is 9.59 Å². The third-order valence-electron chi connectivity index (χ3n) is 2.62. The van der Waals surface area contributed by atoms with Crippen molar-refractivity contribution in [2.75, 3.05) is 6.54 Å². The normalized spacial score (nSPS) is 17.6. The van der Waals surface area contributed by atoms with Crippen molar-refractivity contribution in [3.05, 3.63) is 11.1 Å². The summed E-state index contributed by atoms with van der Waals surface area (Å²) in [6.45, 7) is 8.14. The Bertz CT molecular complexity index is 278. The third kappa shape index (κ3) is 1.86. The van der Waals surface area contributed by atoms with Crippen molar-refractivity contribution in [3.8, 4) is 0 Å². The van der Waals surface area contributed by atoms with Gasteiger partial charge in [-0.05, 0) is 26.2 Å². The van der Waals surface area contributed by atoms with Crippen LogP contribution in [0.3, 0.4) is 0 Å². The van der Waals surface area contributed by atoms with Gasteiger partial charge in [-0.3, -0.25) is 14.5 Å². The van der Waals surface area contributed by atoms with Crippen LogP contribution in [0.25, 0.3) is 0 Å². The second kappa shape index (κ2) is 3.95. The molecule has 14 heavy (non-hydrogen) atoms. The number of rotatable bonds is 3. The second-order valence-corrected chi connectivity index (χ2v) is 4.19. The SMILES string of the molecule is CC1=C(C)C(=O)N(CCC(C)C)C1=O. The van der Waals surface area contributed by atoms with E-state index in [0.29, 0.717) is 23.6 Å². The Labute approximate surface area is 84.8 Å². The first-order valence-electron chi connectivity index (χ1n) is 4.98. The molecule has 0 bridgehead atoms. The maximum Gasteiger partial charge on any atom is 0.256 e. The Morgan fingerprint density at radius 1 is 1.07 bits per heavy atom. The molecule has 0 saturated carbocycles. The predicted octanol–water partition coefficient (Wildman–Crippen LogP) is 1.74. The number of nitrogens with zero attached hydrogens (tertiary/aromatic N) is 1. The molecule has 0 aliphatic carbocycles. The third-order valence-corrected chi connectivity index (χ3v) is 2.62. The van der Waals surface area contributed by atoms with Crippen LogP contribution in [0.15, 0.2) is 11.1 Å². The fourth-order valence-corrected chi connectivity index (χ4v) is 1.41. The molecular formula is C11H17NO2. The smallest absolute Gasteiger partial charge is 0.256 e. The zero-order chi connectivity index (χ0) is 10.9. The predicted molar refractivity (Wildman–Crippen MR) is 54.5 cm³/mol. The molecule has 0 aromatic rings. The van der Waals surface area contributed by atoms with Gasteiger partial charge < -0.3 is 0 Å². The molecule has 3 nitrogen and oxygen atoms in total. The molecule has 1 rings (SSSR count). The molecule has 0 fully saturated rings. The van der Waals surface area contributed by atoms with E-state index < -0.39 is 0 Å². The minimum Gasteiger partial charge on any atom is -0.275 e. The van der Waals surface area contributed by atoms with Crippen LogP contribution in [-0.4, -0.2) is 23.3 Å². The molecule has 2 amide bonds. The van der Waals surface area contributed by atoms with Crippen molar-refractivity contribution in [3.63, 3.8) is 0 Å². The summed E-state index contributed by atoms with van der Waals surface area (Å²) in [6, 6.07) is 0. The van der Waals surface area contributed by atoms with Crippen LogP contribution in [-0.2, 0) is 9.59 Å². The van der Waals surface area contributed by atoms with Gasteiger partial charge in [0, 0.05) is 17.7 Å². The lowest BCUT2D eigenvalue weighted by molar-refractivity contribution is -0.137. The van der Waals surface area contributed by atoms with E-state index in [-0.39, 0.29) is 11.8 Å². The van der Waals surface area contributed by atoms with E-state index in [1.807, 2.05) is 0 Å². The van der Waals surface area contributed by atoms with Gasteiger partial charge in [-0.1, -0.05) is 13.8 Å². The molecule has 78 valence electrons. The van der Waals surface area contributed by atoms with Gasteiger partial charge in [-0.15, -0.1) is 0 Å². The van der Waals surface area contributed by atoms with Crippen LogP contribution in [0.5, 0.6) is 0 Å². The standard InChI is InChI=1S/C11H17NO2/c1-7(2)5-6-12-10(13)8(3)9(4)11(12)14/h7H,5-6H2,1-4H3. The van der Waals surface area contributed by atoms with Gasteiger partial charge in [0.05, 0.1) is 0 Å². The minimum absolute atomic E-state index is 0.117. The lowest BCUT2D eigenvalue weighted by Gasteiger charge is -2.15. The van der Waals surface area contributed by atoms with Crippen LogP contribution in [0.1, 0.15) is 34.1 Å². The van der Waals surface area contributed by atoms with E-state index in [2.05, 4.69) is 13.8 Å². The first-order valence-corrected chi connectivity index (χ1v) is 4.98. The van der Waals surface area contributed by atoms with Crippen LogP contribution in [0.2, 0.25) is 0 Å². The first-order chi connectivity index (χ1) is 6.45. The highest BCUT2D eigenvalue weighted by Gasteiger charge is 2.32. The molecule has 1 heterocycles. The van der Waals surface area contributed by atoms with Gasteiger partial charge >= 0.3 is 0 Å². The summed E-state index contributed by atoms with van der Waals surface area (Å²) in [7, 11) is 0. The number of amides is 2. The summed E-state index contributed by atoms with van der Waals surface area (Å²) >= 11 is 0. The highest BCUT2D eigenvalue weighted by atomic mass is 16.2. The number of hydrogen-bond donors (Lipinski definition) is 0. The van der Waals surface area contributed by atoms with Gasteiger partial charge in [0.2, 0.25) is 0 Å². The zero-order valence-electron chi connectivity index (χ0n) is 9.26. The Morgan fingerprint density at radius 3 is 1.86 bits per heavy atom. The fourth-order valence-electron chi connectivity index (χ4n) is 1.41. The maximum absolute atomic E-state index is 11.6. The van der Waals surface area contributed by atoms with Crippen LogP contribution in [0, 0.1) is 5.92 Å². The van der Waals surface area contributed by atoms with E-state index in [0.717, 1.165) is 6.42 Å². The number of carbonyl (C=O) groups excluding carboxylic acids is 2. The average molecular weight is 195 g/mol. The van der Waals surface area contributed by atoms with Crippen molar-refractivity contribution in [1.82, 2.24) is 4.90 Å². The minimum atomic E-state index is -0.117. The lowest BCUT2D eigenvalue weighted by Crippen LogP contribution is -2.33. The van der Waals surface area contributed by atoms with Crippen molar-refractivity contribution in [2.24, 2.45) is 5.92 Å². The van der Waals surface area contributed by atoms with Crippen LogP contribution >= 0.6 is 0 Å². The van der Waals surface area contributed by atoms with E-state index in [4.69, 9.17) is 0 Å². The highest BCUT2D eigenvalue weighted by molar-refractivity contribution is 6.18. The van der Waals surface area contributed by atoms with E-state index in [1.165, 1.54) is 4.90 Å².